The zero-order valence-electron chi connectivity index (χ0n) is 14.3. The van der Waals surface area contributed by atoms with E-state index in [1.54, 1.807) is 4.90 Å². The van der Waals surface area contributed by atoms with Gasteiger partial charge in [0.25, 0.3) is 10.2 Å². The Morgan fingerprint density at radius 2 is 1.60 bits per heavy atom. The van der Waals surface area contributed by atoms with E-state index >= 15 is 0 Å². The van der Waals surface area contributed by atoms with E-state index in [-0.39, 0.29) is 24.4 Å². The number of ether oxygens (including phenoxy) is 2. The van der Waals surface area contributed by atoms with E-state index in [4.69, 9.17) is 9.47 Å². The molecule has 0 aliphatic carbocycles. The van der Waals surface area contributed by atoms with Crippen LogP contribution >= 0.6 is 12.4 Å². The Bertz CT molecular complexity index is 529. The van der Waals surface area contributed by atoms with Crippen LogP contribution in [0.3, 0.4) is 0 Å². The minimum Gasteiger partial charge on any atom is -0.379 e. The summed E-state index contributed by atoms with van der Waals surface area (Å²) in [6.07, 6.45) is 0.399. The second-order valence-electron chi connectivity index (χ2n) is 6.23. The van der Waals surface area contributed by atoms with E-state index < -0.39 is 10.2 Å². The van der Waals surface area contributed by atoms with Gasteiger partial charge in [-0.25, -0.2) is 0 Å². The summed E-state index contributed by atoms with van der Waals surface area (Å²) >= 11 is 0. The zero-order chi connectivity index (χ0) is 17.0. The average Bonchev–Trinajstić information content (AvgIpc) is 2.63. The van der Waals surface area contributed by atoms with Crippen molar-refractivity contribution in [2.75, 3.05) is 72.2 Å². The lowest BCUT2D eigenvalue weighted by Crippen LogP contribution is -2.56. The van der Waals surface area contributed by atoms with Gasteiger partial charge in [-0.05, 0) is 0 Å². The van der Waals surface area contributed by atoms with Gasteiger partial charge >= 0.3 is 0 Å². The molecule has 1 amide bonds. The Labute approximate surface area is 155 Å². The normalized spacial score (nSPS) is 26.9. The summed E-state index contributed by atoms with van der Waals surface area (Å²) < 4.78 is 38.7. The lowest BCUT2D eigenvalue weighted by Gasteiger charge is -2.38. The van der Waals surface area contributed by atoms with Gasteiger partial charge in [0.05, 0.1) is 26.4 Å². The van der Waals surface area contributed by atoms with Gasteiger partial charge in [0.2, 0.25) is 5.91 Å². The van der Waals surface area contributed by atoms with E-state index in [2.05, 4.69) is 5.32 Å². The number of piperazine rings is 1. The molecular formula is C14H27ClN4O5S. The van der Waals surface area contributed by atoms with Crippen molar-refractivity contribution in [1.29, 1.82) is 0 Å². The van der Waals surface area contributed by atoms with Crippen molar-refractivity contribution >= 4 is 28.5 Å². The Kier molecular flexibility index (Phi) is 7.87. The first-order chi connectivity index (χ1) is 11.6. The number of carbonyl (C=O) groups is 1. The van der Waals surface area contributed by atoms with Gasteiger partial charge in [-0.3, -0.25) is 4.79 Å². The molecule has 3 fully saturated rings. The second-order valence-corrected chi connectivity index (χ2v) is 8.16. The van der Waals surface area contributed by atoms with Gasteiger partial charge < -0.3 is 19.7 Å². The average molecular weight is 399 g/mol. The monoisotopic (exact) mass is 398 g/mol. The van der Waals surface area contributed by atoms with Crippen molar-refractivity contribution < 1.29 is 22.7 Å². The molecule has 9 nitrogen and oxygen atoms in total. The Morgan fingerprint density at radius 1 is 0.960 bits per heavy atom. The molecule has 1 atom stereocenters. The van der Waals surface area contributed by atoms with Crippen LogP contribution < -0.4 is 5.32 Å². The van der Waals surface area contributed by atoms with Crippen LogP contribution in [-0.2, 0) is 24.5 Å². The minimum atomic E-state index is -3.45. The number of halogens is 1. The fourth-order valence-corrected chi connectivity index (χ4v) is 4.76. The third kappa shape index (κ3) is 5.25. The van der Waals surface area contributed by atoms with Gasteiger partial charge in [0.15, 0.2) is 0 Å². The number of morpholine rings is 2. The number of hydrogen-bond acceptors (Lipinski definition) is 6. The smallest absolute Gasteiger partial charge is 0.282 e. The highest BCUT2D eigenvalue weighted by Crippen LogP contribution is 2.15. The van der Waals surface area contributed by atoms with Crippen LogP contribution in [0.5, 0.6) is 0 Å². The summed E-state index contributed by atoms with van der Waals surface area (Å²) in [5.41, 5.74) is 0. The van der Waals surface area contributed by atoms with Crippen LogP contribution in [0, 0.1) is 0 Å². The summed E-state index contributed by atoms with van der Waals surface area (Å²) in [4.78, 5) is 14.1. The molecule has 3 rings (SSSR count). The zero-order valence-corrected chi connectivity index (χ0v) is 15.9. The minimum absolute atomic E-state index is 0. The Morgan fingerprint density at radius 3 is 2.20 bits per heavy atom. The molecule has 25 heavy (non-hydrogen) atoms. The summed E-state index contributed by atoms with van der Waals surface area (Å²) in [7, 11) is -3.45. The second kappa shape index (κ2) is 9.45. The van der Waals surface area contributed by atoms with Crippen LogP contribution in [-0.4, -0.2) is 106 Å². The highest BCUT2D eigenvalue weighted by Gasteiger charge is 2.34. The maximum absolute atomic E-state index is 12.6. The number of carbonyl (C=O) groups excluding carboxylic acids is 1. The molecule has 3 heterocycles. The standard InChI is InChI=1S/C14H26N4O5S.ClH/c19-14(11-13-12-23-8-1-15-13)16-2-4-17(5-3-16)24(20,21)18-6-9-22-10-7-18;/h13,15H,1-12H2;1H. The molecule has 146 valence electrons. The van der Waals surface area contributed by atoms with Crippen molar-refractivity contribution in [3.05, 3.63) is 0 Å². The van der Waals surface area contributed by atoms with Crippen molar-refractivity contribution in [2.24, 2.45) is 0 Å². The summed E-state index contributed by atoms with van der Waals surface area (Å²) in [6, 6.07) is 0.0568. The summed E-state index contributed by atoms with van der Waals surface area (Å²) in [6.45, 7) is 5.25. The molecule has 1 unspecified atom stereocenters. The first-order valence-corrected chi connectivity index (χ1v) is 9.89. The van der Waals surface area contributed by atoms with Crippen LogP contribution in [0.4, 0.5) is 0 Å². The quantitative estimate of drug-likeness (QED) is 0.620. The molecule has 11 heteroatoms. The SMILES string of the molecule is Cl.O=C(CC1COCCN1)N1CCN(S(=O)(=O)N2CCOCC2)CC1. The van der Waals surface area contributed by atoms with E-state index in [0.717, 1.165) is 6.54 Å². The van der Waals surface area contributed by atoms with Crippen LogP contribution in [0.15, 0.2) is 0 Å². The number of amides is 1. The molecule has 0 radical (unpaired) electrons. The van der Waals surface area contributed by atoms with Crippen molar-refractivity contribution in [2.45, 2.75) is 12.5 Å². The largest absolute Gasteiger partial charge is 0.379 e. The molecule has 0 spiro atoms. The predicted octanol–water partition coefficient (Wildman–Crippen LogP) is -1.49. The maximum atomic E-state index is 12.6. The van der Waals surface area contributed by atoms with E-state index in [1.807, 2.05) is 0 Å². The Hall–Kier alpha value is -0.490. The Balaban J connectivity index is 0.00000225. The number of rotatable bonds is 4. The lowest BCUT2D eigenvalue weighted by molar-refractivity contribution is -0.133. The first kappa shape index (κ1) is 20.8. The van der Waals surface area contributed by atoms with Crippen LogP contribution in [0.2, 0.25) is 0 Å². The van der Waals surface area contributed by atoms with Gasteiger partial charge in [0, 0.05) is 58.3 Å². The number of nitrogens with one attached hydrogen (secondary N) is 1. The molecule has 1 N–H and O–H groups in total. The predicted molar refractivity (Wildman–Crippen MR) is 93.9 cm³/mol. The van der Waals surface area contributed by atoms with E-state index in [1.165, 1.54) is 8.61 Å². The van der Waals surface area contributed by atoms with Gasteiger partial charge in [0.1, 0.15) is 0 Å². The molecule has 3 aliphatic heterocycles. The summed E-state index contributed by atoms with van der Waals surface area (Å²) in [5, 5.41) is 3.27. The molecule has 0 bridgehead atoms. The van der Waals surface area contributed by atoms with Crippen LogP contribution in [0.1, 0.15) is 6.42 Å². The van der Waals surface area contributed by atoms with E-state index in [9.17, 15) is 13.2 Å². The first-order valence-electron chi connectivity index (χ1n) is 8.49. The fraction of sp³-hybridized carbons (Fsp3) is 0.929. The number of nitrogens with zero attached hydrogens (tertiary/aromatic N) is 3. The van der Waals surface area contributed by atoms with Gasteiger partial charge in [-0.1, -0.05) is 0 Å². The topological polar surface area (TPSA) is 91.4 Å². The van der Waals surface area contributed by atoms with E-state index in [0.29, 0.717) is 72.1 Å². The third-order valence-electron chi connectivity index (χ3n) is 4.63. The third-order valence-corrected chi connectivity index (χ3v) is 6.67. The molecular weight excluding hydrogens is 372 g/mol. The lowest BCUT2D eigenvalue weighted by atomic mass is 10.1. The highest BCUT2D eigenvalue weighted by atomic mass is 35.5. The molecule has 0 aromatic carbocycles. The van der Waals surface area contributed by atoms with Crippen molar-refractivity contribution in [1.82, 2.24) is 18.8 Å². The number of hydrogen-bond donors (Lipinski definition) is 1. The van der Waals surface area contributed by atoms with Gasteiger partial charge in [-0.2, -0.15) is 17.0 Å². The molecule has 3 aliphatic rings. The van der Waals surface area contributed by atoms with Crippen LogP contribution in [0.25, 0.3) is 0 Å². The fourth-order valence-electron chi connectivity index (χ4n) is 3.20. The highest BCUT2D eigenvalue weighted by molar-refractivity contribution is 7.86. The van der Waals surface area contributed by atoms with Crippen molar-refractivity contribution in [3.8, 4) is 0 Å². The molecule has 0 aromatic heterocycles. The maximum Gasteiger partial charge on any atom is 0.282 e. The summed E-state index contributed by atoms with van der Waals surface area (Å²) in [5.74, 6) is 0.0569. The molecule has 0 aromatic rings. The molecule has 0 saturated carbocycles. The molecule has 3 saturated heterocycles. The van der Waals surface area contributed by atoms with Crippen molar-refractivity contribution in [3.63, 3.8) is 0 Å². The van der Waals surface area contributed by atoms with Gasteiger partial charge in [-0.15, -0.1) is 12.4 Å².